The Hall–Kier alpha value is -2.34. The second-order valence-corrected chi connectivity index (χ2v) is 5.01. The molecule has 2 aliphatic heterocycles. The molecule has 96 valence electrons. The van der Waals surface area contributed by atoms with Crippen LogP contribution in [0.2, 0.25) is 0 Å². The van der Waals surface area contributed by atoms with E-state index in [9.17, 15) is 4.79 Å². The van der Waals surface area contributed by atoms with Crippen LogP contribution in [0.1, 0.15) is 5.56 Å². The van der Waals surface area contributed by atoms with E-state index in [1.165, 1.54) is 11.8 Å². The molecule has 2 aliphatic rings. The lowest BCUT2D eigenvalue weighted by Gasteiger charge is -2.23. The number of primary amides is 1. The van der Waals surface area contributed by atoms with Gasteiger partial charge in [0.1, 0.15) is 11.5 Å². The van der Waals surface area contributed by atoms with Crippen molar-refractivity contribution < 1.29 is 9.53 Å². The predicted octanol–water partition coefficient (Wildman–Crippen LogP) is 2.06. The molecule has 3 rings (SSSR count). The van der Waals surface area contributed by atoms with Crippen molar-refractivity contribution in [3.8, 4) is 5.75 Å². The van der Waals surface area contributed by atoms with Crippen LogP contribution in [0.3, 0.4) is 0 Å². The third-order valence-electron chi connectivity index (χ3n) is 2.58. The molecule has 0 aliphatic carbocycles. The molecule has 0 aromatic heterocycles. The minimum atomic E-state index is -0.629. The van der Waals surface area contributed by atoms with Crippen LogP contribution in [-0.4, -0.2) is 6.03 Å². The van der Waals surface area contributed by atoms with Gasteiger partial charge in [-0.25, -0.2) is 4.79 Å². The molecule has 6 heteroatoms. The molecule has 0 spiro atoms. The van der Waals surface area contributed by atoms with Crippen LogP contribution in [0.5, 0.6) is 5.75 Å². The molecule has 4 N–H and O–H groups in total. The van der Waals surface area contributed by atoms with Crippen LogP contribution in [0.15, 0.2) is 52.1 Å². The first-order valence-corrected chi connectivity index (χ1v) is 6.44. The zero-order chi connectivity index (χ0) is 13.2. The number of hydrazine groups is 1. The number of hydrogen-bond acceptors (Lipinski definition) is 4. The van der Waals surface area contributed by atoms with E-state index >= 15 is 0 Å². The molecule has 2 heterocycles. The fraction of sp³-hybridized carbons (Fsp3) is 0. The van der Waals surface area contributed by atoms with Crippen LogP contribution < -0.4 is 21.3 Å². The molecule has 2 amide bonds. The number of urea groups is 1. The van der Waals surface area contributed by atoms with E-state index in [2.05, 4.69) is 10.9 Å². The quantitative estimate of drug-likeness (QED) is 0.721. The number of carbonyl (C=O) groups excluding carboxylic acids is 1. The average Bonchev–Trinajstić information content (AvgIpc) is 2.42. The topological polar surface area (TPSA) is 76.4 Å². The van der Waals surface area contributed by atoms with E-state index in [1.807, 2.05) is 42.5 Å². The Morgan fingerprint density at radius 1 is 1.26 bits per heavy atom. The number of nitrogens with one attached hydrogen (secondary N) is 2. The summed E-state index contributed by atoms with van der Waals surface area (Å²) in [5, 5.41) is 0.775. The minimum Gasteiger partial charge on any atom is -0.456 e. The molecule has 0 fully saturated rings. The number of hydrogen-bond donors (Lipinski definition) is 3. The van der Waals surface area contributed by atoms with Gasteiger partial charge in [0.05, 0.1) is 9.93 Å². The smallest absolute Gasteiger partial charge is 0.330 e. The van der Waals surface area contributed by atoms with Crippen LogP contribution in [0.4, 0.5) is 4.79 Å². The number of fused-ring (bicyclic) bond motifs is 2. The van der Waals surface area contributed by atoms with Gasteiger partial charge in [0.15, 0.2) is 0 Å². The lowest BCUT2D eigenvalue weighted by molar-refractivity contribution is 0.246. The maximum atomic E-state index is 10.6. The Balaban J connectivity index is 1.83. The Kier molecular flexibility index (Phi) is 2.92. The summed E-state index contributed by atoms with van der Waals surface area (Å²) < 4.78 is 5.80. The van der Waals surface area contributed by atoms with Gasteiger partial charge in [-0.3, -0.25) is 10.9 Å². The Morgan fingerprint density at radius 2 is 2.11 bits per heavy atom. The average molecular weight is 273 g/mol. The largest absolute Gasteiger partial charge is 0.456 e. The summed E-state index contributed by atoms with van der Waals surface area (Å²) in [6.07, 6.45) is 5.72. The van der Waals surface area contributed by atoms with Crippen molar-refractivity contribution in [1.29, 1.82) is 0 Å². The molecule has 5 nitrogen and oxygen atoms in total. The van der Waals surface area contributed by atoms with E-state index in [-0.39, 0.29) is 0 Å². The van der Waals surface area contributed by atoms with Gasteiger partial charge in [0, 0.05) is 5.56 Å². The van der Waals surface area contributed by atoms with Crippen molar-refractivity contribution in [1.82, 2.24) is 10.9 Å². The summed E-state index contributed by atoms with van der Waals surface area (Å²) in [4.78, 5) is 11.6. The number of ether oxygens (including phenoxy) is 1. The van der Waals surface area contributed by atoms with Gasteiger partial charge >= 0.3 is 6.03 Å². The van der Waals surface area contributed by atoms with Gasteiger partial charge in [-0.05, 0) is 24.3 Å². The summed E-state index contributed by atoms with van der Waals surface area (Å²) >= 11 is 1.47. The highest BCUT2D eigenvalue weighted by Gasteiger charge is 2.20. The lowest BCUT2D eigenvalue weighted by Crippen LogP contribution is -2.40. The third-order valence-corrected chi connectivity index (χ3v) is 3.58. The molecule has 0 saturated heterocycles. The normalized spacial score (nSPS) is 15.9. The summed E-state index contributed by atoms with van der Waals surface area (Å²) in [5.41, 5.74) is 11.1. The highest BCUT2D eigenvalue weighted by atomic mass is 32.2. The number of nitrogens with two attached hydrogens (primary N) is 1. The van der Waals surface area contributed by atoms with Crippen molar-refractivity contribution in [3.63, 3.8) is 0 Å². The molecular weight excluding hydrogens is 262 g/mol. The minimum absolute atomic E-state index is 0.629. The van der Waals surface area contributed by atoms with Crippen LogP contribution in [-0.2, 0) is 0 Å². The SMILES string of the molecule is NC(=O)NNC1=CC=C2Oc3ccccc3C=C2S1. The van der Waals surface area contributed by atoms with Gasteiger partial charge in [-0.1, -0.05) is 30.0 Å². The second-order valence-electron chi connectivity index (χ2n) is 3.93. The summed E-state index contributed by atoms with van der Waals surface area (Å²) in [5.74, 6) is 1.64. The standard InChI is InChI=1S/C13H11N3O2S/c14-13(17)16-15-12-6-5-10-11(19-12)7-8-3-1-2-4-9(8)18-10/h1-7,15H,(H3,14,16,17). The van der Waals surface area contributed by atoms with Gasteiger partial charge in [0.2, 0.25) is 0 Å². The fourth-order valence-corrected chi connectivity index (χ4v) is 2.64. The summed E-state index contributed by atoms with van der Waals surface area (Å²) in [7, 11) is 0. The van der Waals surface area contributed by atoms with Gasteiger partial charge in [-0.15, -0.1) is 0 Å². The summed E-state index contributed by atoms with van der Waals surface area (Å²) in [6, 6.07) is 7.20. The monoisotopic (exact) mass is 273 g/mol. The molecule has 0 saturated carbocycles. The Morgan fingerprint density at radius 3 is 2.95 bits per heavy atom. The van der Waals surface area contributed by atoms with E-state index in [0.717, 1.165) is 27.0 Å². The molecule has 1 aromatic rings. The maximum absolute atomic E-state index is 10.6. The van der Waals surface area contributed by atoms with Crippen molar-refractivity contribution in [2.45, 2.75) is 0 Å². The highest BCUT2D eigenvalue weighted by Crippen LogP contribution is 2.41. The second kappa shape index (κ2) is 4.74. The van der Waals surface area contributed by atoms with Gasteiger partial charge in [0.25, 0.3) is 0 Å². The number of amides is 2. The van der Waals surface area contributed by atoms with E-state index in [4.69, 9.17) is 10.5 Å². The third kappa shape index (κ3) is 2.43. The van der Waals surface area contributed by atoms with Crippen molar-refractivity contribution >= 4 is 23.9 Å². The van der Waals surface area contributed by atoms with Crippen LogP contribution >= 0.6 is 11.8 Å². The number of rotatable bonds is 2. The number of allylic oxidation sites excluding steroid dienone is 2. The van der Waals surface area contributed by atoms with E-state index in [1.54, 1.807) is 0 Å². The molecule has 1 aromatic carbocycles. The number of carbonyl (C=O) groups is 1. The number of para-hydroxylation sites is 1. The Bertz CT molecular complexity index is 635. The fourth-order valence-electron chi connectivity index (χ4n) is 1.76. The molecular formula is C13H11N3O2S. The van der Waals surface area contributed by atoms with Crippen molar-refractivity contribution in [2.24, 2.45) is 5.73 Å². The van der Waals surface area contributed by atoms with Crippen LogP contribution in [0, 0.1) is 0 Å². The number of thioether (sulfide) groups is 1. The Labute approximate surface area is 114 Å². The zero-order valence-electron chi connectivity index (χ0n) is 9.84. The summed E-state index contributed by atoms with van der Waals surface area (Å²) in [6.45, 7) is 0. The highest BCUT2D eigenvalue weighted by molar-refractivity contribution is 8.07. The van der Waals surface area contributed by atoms with Gasteiger partial charge < -0.3 is 10.5 Å². The van der Waals surface area contributed by atoms with Crippen molar-refractivity contribution in [3.05, 3.63) is 57.7 Å². The predicted molar refractivity (Wildman–Crippen MR) is 74.7 cm³/mol. The van der Waals surface area contributed by atoms with E-state index in [0.29, 0.717) is 0 Å². The van der Waals surface area contributed by atoms with Crippen molar-refractivity contribution in [2.75, 3.05) is 0 Å². The molecule has 0 atom stereocenters. The number of benzene rings is 1. The first kappa shape index (κ1) is 11.7. The first-order valence-electron chi connectivity index (χ1n) is 5.62. The maximum Gasteiger partial charge on any atom is 0.330 e. The first-order chi connectivity index (χ1) is 9.22. The molecule has 19 heavy (non-hydrogen) atoms. The molecule has 0 unspecified atom stereocenters. The van der Waals surface area contributed by atoms with Gasteiger partial charge in [-0.2, -0.15) is 0 Å². The van der Waals surface area contributed by atoms with Crippen LogP contribution in [0.25, 0.3) is 6.08 Å². The van der Waals surface area contributed by atoms with E-state index < -0.39 is 6.03 Å². The zero-order valence-corrected chi connectivity index (χ0v) is 10.7. The molecule has 0 bridgehead atoms. The molecule has 0 radical (unpaired) electrons. The lowest BCUT2D eigenvalue weighted by atomic mass is 10.1.